The zero-order chi connectivity index (χ0) is 28.4. The van der Waals surface area contributed by atoms with Crippen molar-refractivity contribution in [1.82, 2.24) is 9.80 Å². The van der Waals surface area contributed by atoms with Crippen LogP contribution in [0, 0.1) is 11.2 Å². The van der Waals surface area contributed by atoms with Crippen molar-refractivity contribution >= 4 is 11.8 Å². The van der Waals surface area contributed by atoms with Crippen LogP contribution in [-0.2, 0) is 24.4 Å². The number of furan rings is 2. The highest BCUT2D eigenvalue weighted by Gasteiger charge is 2.37. The molecule has 7 nitrogen and oxygen atoms in total. The van der Waals surface area contributed by atoms with Gasteiger partial charge >= 0.3 is 0 Å². The fourth-order valence-corrected chi connectivity index (χ4v) is 4.99. The summed E-state index contributed by atoms with van der Waals surface area (Å²) in [4.78, 5) is 29.6. The SMILES string of the molecule is CN(Cc1ccco1)C(=O)c1ccc(COc2ccc3c(c2)C(c2cccc(F)c2)N(C(=O)C(C)(C)C)CC3)o1. The summed E-state index contributed by atoms with van der Waals surface area (Å²) >= 11 is 0. The van der Waals surface area contributed by atoms with Gasteiger partial charge < -0.3 is 23.4 Å². The normalized spacial score (nSPS) is 15.0. The van der Waals surface area contributed by atoms with E-state index in [1.165, 1.54) is 17.0 Å². The smallest absolute Gasteiger partial charge is 0.289 e. The van der Waals surface area contributed by atoms with E-state index in [2.05, 4.69) is 0 Å². The van der Waals surface area contributed by atoms with Crippen LogP contribution in [0.4, 0.5) is 4.39 Å². The number of rotatable bonds is 7. The monoisotopic (exact) mass is 544 g/mol. The number of amides is 2. The summed E-state index contributed by atoms with van der Waals surface area (Å²) in [6.07, 6.45) is 2.26. The number of nitrogens with zero attached hydrogens (tertiary/aromatic N) is 2. The molecule has 8 heteroatoms. The van der Waals surface area contributed by atoms with Gasteiger partial charge in [-0.15, -0.1) is 0 Å². The molecule has 2 aromatic heterocycles. The Morgan fingerprint density at radius 1 is 1.05 bits per heavy atom. The van der Waals surface area contributed by atoms with E-state index < -0.39 is 11.5 Å². The molecule has 5 rings (SSSR count). The summed E-state index contributed by atoms with van der Waals surface area (Å²) < 4.78 is 31.4. The summed E-state index contributed by atoms with van der Waals surface area (Å²) in [6, 6.07) is 18.7. The Hall–Kier alpha value is -4.33. The number of halogens is 1. The summed E-state index contributed by atoms with van der Waals surface area (Å²) in [7, 11) is 1.68. The van der Waals surface area contributed by atoms with Crippen LogP contribution in [0.1, 0.15) is 65.6 Å². The topological polar surface area (TPSA) is 76.1 Å². The van der Waals surface area contributed by atoms with E-state index in [-0.39, 0.29) is 30.0 Å². The molecule has 208 valence electrons. The molecule has 0 aliphatic carbocycles. The molecule has 0 radical (unpaired) electrons. The molecular weight excluding hydrogens is 511 g/mol. The quantitative estimate of drug-likeness (QED) is 0.270. The van der Waals surface area contributed by atoms with E-state index in [4.69, 9.17) is 13.6 Å². The van der Waals surface area contributed by atoms with Crippen LogP contribution in [0.25, 0.3) is 0 Å². The first-order valence-corrected chi connectivity index (χ1v) is 13.3. The van der Waals surface area contributed by atoms with Crippen LogP contribution in [0.5, 0.6) is 5.75 Å². The molecule has 0 saturated heterocycles. The minimum absolute atomic E-state index is 0.00327. The fraction of sp³-hybridized carbons (Fsp3) is 0.312. The first-order valence-electron chi connectivity index (χ1n) is 13.3. The average molecular weight is 545 g/mol. The van der Waals surface area contributed by atoms with Crippen LogP contribution in [0.2, 0.25) is 0 Å². The second-order valence-corrected chi connectivity index (χ2v) is 11.1. The molecule has 1 unspecified atom stereocenters. The second kappa shape index (κ2) is 11.0. The molecule has 40 heavy (non-hydrogen) atoms. The molecule has 3 heterocycles. The Morgan fingerprint density at radius 3 is 2.60 bits per heavy atom. The zero-order valence-corrected chi connectivity index (χ0v) is 23.1. The van der Waals surface area contributed by atoms with Gasteiger partial charge in [-0.2, -0.15) is 0 Å². The molecule has 0 N–H and O–H groups in total. The largest absolute Gasteiger partial charge is 0.486 e. The number of hydrogen-bond donors (Lipinski definition) is 0. The fourth-order valence-electron chi connectivity index (χ4n) is 4.99. The van der Waals surface area contributed by atoms with Crippen molar-refractivity contribution in [1.29, 1.82) is 0 Å². The zero-order valence-electron chi connectivity index (χ0n) is 23.1. The van der Waals surface area contributed by atoms with E-state index in [0.717, 1.165) is 11.1 Å². The minimum atomic E-state index is -0.586. The third-order valence-corrected chi connectivity index (χ3v) is 6.99. The van der Waals surface area contributed by atoms with Gasteiger partial charge in [-0.25, -0.2) is 4.39 Å². The summed E-state index contributed by atoms with van der Waals surface area (Å²) in [5.41, 5.74) is 2.12. The highest BCUT2D eigenvalue weighted by molar-refractivity contribution is 5.91. The lowest BCUT2D eigenvalue weighted by atomic mass is 9.85. The van der Waals surface area contributed by atoms with Crippen molar-refractivity contribution in [3.8, 4) is 5.75 Å². The van der Waals surface area contributed by atoms with Crippen molar-refractivity contribution in [2.45, 2.75) is 46.4 Å². The molecule has 0 fully saturated rings. The van der Waals surface area contributed by atoms with Gasteiger partial charge in [-0.1, -0.05) is 39.0 Å². The number of carbonyl (C=O) groups excluding carboxylic acids is 2. The molecule has 4 aromatic rings. The van der Waals surface area contributed by atoms with Crippen LogP contribution in [-0.4, -0.2) is 35.2 Å². The van der Waals surface area contributed by atoms with Crippen LogP contribution in [0.15, 0.2) is 81.8 Å². The summed E-state index contributed by atoms with van der Waals surface area (Å²) in [5.74, 6) is 1.36. The molecule has 1 aliphatic rings. The van der Waals surface area contributed by atoms with Crippen LogP contribution < -0.4 is 4.74 Å². The standard InChI is InChI=1S/C32H33FN2O5/c1-32(2,3)31(37)35-15-14-21-10-11-24(18-27(21)29(35)22-7-5-8-23(33)17-22)39-20-26-12-13-28(40-26)30(36)34(4)19-25-9-6-16-38-25/h5-13,16-18,29H,14-15,19-20H2,1-4H3. The van der Waals surface area contributed by atoms with E-state index >= 15 is 0 Å². The van der Waals surface area contributed by atoms with E-state index in [1.807, 2.05) is 49.9 Å². The van der Waals surface area contributed by atoms with Gasteiger partial charge in [0.25, 0.3) is 5.91 Å². The molecule has 0 bridgehead atoms. The molecule has 2 aromatic carbocycles. The number of hydrogen-bond acceptors (Lipinski definition) is 5. The number of ether oxygens (including phenoxy) is 1. The van der Waals surface area contributed by atoms with Gasteiger partial charge in [-0.05, 0) is 71.6 Å². The number of fused-ring (bicyclic) bond motifs is 1. The molecule has 0 saturated carbocycles. The Kier molecular flexibility index (Phi) is 7.52. The van der Waals surface area contributed by atoms with Gasteiger partial charge in [0.1, 0.15) is 29.7 Å². The van der Waals surface area contributed by atoms with Gasteiger partial charge in [0.2, 0.25) is 5.91 Å². The van der Waals surface area contributed by atoms with Crippen molar-refractivity contribution in [3.63, 3.8) is 0 Å². The Labute approximate surface area is 233 Å². The first kappa shape index (κ1) is 27.2. The van der Waals surface area contributed by atoms with Crippen molar-refractivity contribution in [2.75, 3.05) is 13.6 Å². The molecule has 1 atom stereocenters. The lowest BCUT2D eigenvalue weighted by molar-refractivity contribution is -0.141. The van der Waals surface area contributed by atoms with Crippen molar-refractivity contribution in [3.05, 3.63) is 113 Å². The van der Waals surface area contributed by atoms with Crippen LogP contribution >= 0.6 is 0 Å². The maximum absolute atomic E-state index is 14.3. The van der Waals surface area contributed by atoms with Gasteiger partial charge in [0, 0.05) is 19.0 Å². The third-order valence-electron chi connectivity index (χ3n) is 6.99. The van der Waals surface area contributed by atoms with Crippen molar-refractivity contribution < 1.29 is 27.6 Å². The summed E-state index contributed by atoms with van der Waals surface area (Å²) in [5, 5.41) is 0. The maximum Gasteiger partial charge on any atom is 0.289 e. The van der Waals surface area contributed by atoms with Gasteiger partial charge in [0.05, 0.1) is 18.8 Å². The van der Waals surface area contributed by atoms with Crippen molar-refractivity contribution in [2.24, 2.45) is 5.41 Å². The Morgan fingerprint density at radius 2 is 1.88 bits per heavy atom. The predicted octanol–water partition coefficient (Wildman–Crippen LogP) is 6.38. The van der Waals surface area contributed by atoms with E-state index in [9.17, 15) is 14.0 Å². The first-order chi connectivity index (χ1) is 19.1. The summed E-state index contributed by atoms with van der Waals surface area (Å²) in [6.45, 7) is 6.67. The predicted molar refractivity (Wildman–Crippen MR) is 147 cm³/mol. The van der Waals surface area contributed by atoms with Crippen LogP contribution in [0.3, 0.4) is 0 Å². The molecular formula is C32H33FN2O5. The van der Waals surface area contributed by atoms with Gasteiger partial charge in [-0.3, -0.25) is 9.59 Å². The highest BCUT2D eigenvalue weighted by atomic mass is 19.1. The average Bonchev–Trinajstić information content (AvgIpc) is 3.62. The Balaban J connectivity index is 1.35. The second-order valence-electron chi connectivity index (χ2n) is 11.1. The Bertz CT molecular complexity index is 1500. The number of benzene rings is 2. The lowest BCUT2D eigenvalue weighted by Gasteiger charge is -2.41. The van der Waals surface area contributed by atoms with E-state index in [0.29, 0.717) is 42.3 Å². The van der Waals surface area contributed by atoms with E-state index in [1.54, 1.807) is 43.6 Å². The maximum atomic E-state index is 14.3. The number of carbonyl (C=O) groups is 2. The molecule has 0 spiro atoms. The third kappa shape index (κ3) is 5.81. The minimum Gasteiger partial charge on any atom is -0.486 e. The highest BCUT2D eigenvalue weighted by Crippen LogP contribution is 2.39. The lowest BCUT2D eigenvalue weighted by Crippen LogP contribution is -2.45. The van der Waals surface area contributed by atoms with Gasteiger partial charge in [0.15, 0.2) is 5.76 Å². The molecule has 2 amide bonds. The molecule has 1 aliphatic heterocycles.